The van der Waals surface area contributed by atoms with Crippen molar-refractivity contribution in [1.82, 2.24) is 9.88 Å². The monoisotopic (exact) mass is 352 g/mol. The standard InChI is InChI=1S/C21H24N2O3/c1-12-5-8-18-16(10-12)17(11-19(22-18)14-6-7-14)20(24)23-9-3-4-15(13(23)2)21(25)26/h5,8,10-11,13-15H,3-4,6-7,9H2,1-2H3,(H,25,26)/t13-,15-/m1/s1. The molecule has 136 valence electrons. The topological polar surface area (TPSA) is 70.5 Å². The van der Waals surface area contributed by atoms with Crippen LogP contribution < -0.4 is 0 Å². The van der Waals surface area contributed by atoms with Gasteiger partial charge in [0.2, 0.25) is 0 Å². The highest BCUT2D eigenvalue weighted by atomic mass is 16.4. The van der Waals surface area contributed by atoms with Crippen molar-refractivity contribution < 1.29 is 14.7 Å². The molecule has 1 aliphatic heterocycles. The largest absolute Gasteiger partial charge is 0.481 e. The first kappa shape index (κ1) is 17.0. The van der Waals surface area contributed by atoms with Crippen LogP contribution in [0.25, 0.3) is 10.9 Å². The van der Waals surface area contributed by atoms with Gasteiger partial charge >= 0.3 is 5.97 Å². The molecule has 1 N–H and O–H groups in total. The fourth-order valence-electron chi connectivity index (χ4n) is 4.04. The summed E-state index contributed by atoms with van der Waals surface area (Å²) in [5, 5.41) is 10.3. The van der Waals surface area contributed by atoms with Gasteiger partial charge in [-0.05, 0) is 57.7 Å². The fourth-order valence-corrected chi connectivity index (χ4v) is 4.04. The normalized spacial score (nSPS) is 23.2. The highest BCUT2D eigenvalue weighted by Gasteiger charge is 2.36. The Balaban J connectivity index is 1.78. The number of pyridine rings is 1. The summed E-state index contributed by atoms with van der Waals surface area (Å²) in [6.07, 6.45) is 3.60. The first-order chi connectivity index (χ1) is 12.5. The number of carboxylic acid groups (broad SMARTS) is 1. The van der Waals surface area contributed by atoms with Crippen molar-refractivity contribution in [1.29, 1.82) is 0 Å². The molecule has 2 aliphatic rings. The average molecular weight is 352 g/mol. The molecule has 0 radical (unpaired) electrons. The molecule has 2 aromatic rings. The van der Waals surface area contributed by atoms with Crippen molar-refractivity contribution in [2.24, 2.45) is 5.92 Å². The smallest absolute Gasteiger partial charge is 0.308 e. The van der Waals surface area contributed by atoms with E-state index in [0.29, 0.717) is 24.4 Å². The zero-order valence-corrected chi connectivity index (χ0v) is 15.2. The minimum Gasteiger partial charge on any atom is -0.481 e. The number of rotatable bonds is 3. The van der Waals surface area contributed by atoms with E-state index < -0.39 is 11.9 Å². The number of benzene rings is 1. The van der Waals surface area contributed by atoms with Crippen molar-refractivity contribution in [2.75, 3.05) is 6.54 Å². The molecule has 1 saturated heterocycles. The van der Waals surface area contributed by atoms with Crippen LogP contribution in [0.15, 0.2) is 24.3 Å². The van der Waals surface area contributed by atoms with E-state index in [1.54, 1.807) is 4.90 Å². The lowest BCUT2D eigenvalue weighted by molar-refractivity contribution is -0.144. The molecule has 1 aliphatic carbocycles. The molecule has 26 heavy (non-hydrogen) atoms. The SMILES string of the molecule is Cc1ccc2nc(C3CC3)cc(C(=O)N3CCC[C@@H](C(=O)O)[C@H]3C)c2c1. The third-order valence-corrected chi connectivity index (χ3v) is 5.78. The van der Waals surface area contributed by atoms with E-state index in [1.165, 1.54) is 0 Å². The van der Waals surface area contributed by atoms with Gasteiger partial charge in [0.05, 0.1) is 17.0 Å². The second-order valence-corrected chi connectivity index (χ2v) is 7.72. The zero-order chi connectivity index (χ0) is 18.4. The van der Waals surface area contributed by atoms with Gasteiger partial charge in [-0.1, -0.05) is 11.6 Å². The average Bonchev–Trinajstić information content (AvgIpc) is 3.45. The van der Waals surface area contributed by atoms with Crippen LogP contribution >= 0.6 is 0 Å². The maximum atomic E-state index is 13.4. The summed E-state index contributed by atoms with van der Waals surface area (Å²) >= 11 is 0. The summed E-state index contributed by atoms with van der Waals surface area (Å²) in [5.74, 6) is -0.921. The Bertz CT molecular complexity index is 888. The molecule has 0 spiro atoms. The van der Waals surface area contributed by atoms with E-state index in [-0.39, 0.29) is 11.9 Å². The molecule has 1 aromatic carbocycles. The van der Waals surface area contributed by atoms with Gasteiger partial charge in [-0.3, -0.25) is 14.6 Å². The molecule has 1 amide bonds. The highest BCUT2D eigenvalue weighted by Crippen LogP contribution is 2.40. The first-order valence-corrected chi connectivity index (χ1v) is 9.41. The Kier molecular flexibility index (Phi) is 4.17. The van der Waals surface area contributed by atoms with Crippen LogP contribution in [0.3, 0.4) is 0 Å². The molecular weight excluding hydrogens is 328 g/mol. The Morgan fingerprint density at radius 3 is 2.65 bits per heavy atom. The maximum absolute atomic E-state index is 13.4. The number of aromatic nitrogens is 1. The van der Waals surface area contributed by atoms with Crippen LogP contribution in [0.5, 0.6) is 0 Å². The minimum absolute atomic E-state index is 0.0663. The molecular formula is C21H24N2O3. The van der Waals surface area contributed by atoms with Crippen LogP contribution in [0, 0.1) is 12.8 Å². The van der Waals surface area contributed by atoms with E-state index in [2.05, 4.69) is 0 Å². The molecule has 4 rings (SSSR count). The van der Waals surface area contributed by atoms with Crippen molar-refractivity contribution in [3.8, 4) is 0 Å². The predicted octanol–water partition coefficient (Wildman–Crippen LogP) is 3.75. The van der Waals surface area contributed by atoms with Crippen LogP contribution in [-0.2, 0) is 4.79 Å². The van der Waals surface area contributed by atoms with Crippen molar-refractivity contribution >= 4 is 22.8 Å². The van der Waals surface area contributed by atoms with Gasteiger partial charge in [0.1, 0.15) is 0 Å². The van der Waals surface area contributed by atoms with Gasteiger partial charge in [0.25, 0.3) is 5.91 Å². The molecule has 1 saturated carbocycles. The van der Waals surface area contributed by atoms with E-state index in [0.717, 1.165) is 41.4 Å². The number of aryl methyl sites for hydroxylation is 1. The molecule has 1 aromatic heterocycles. The van der Waals surface area contributed by atoms with E-state index in [9.17, 15) is 14.7 Å². The number of likely N-dealkylation sites (tertiary alicyclic amines) is 1. The zero-order valence-electron chi connectivity index (χ0n) is 15.2. The van der Waals surface area contributed by atoms with Crippen LogP contribution in [0.4, 0.5) is 0 Å². The Morgan fingerprint density at radius 1 is 1.19 bits per heavy atom. The lowest BCUT2D eigenvalue weighted by atomic mass is 9.89. The summed E-state index contributed by atoms with van der Waals surface area (Å²) in [4.78, 5) is 31.4. The second kappa shape index (κ2) is 6.38. The molecule has 5 nitrogen and oxygen atoms in total. The van der Waals surface area contributed by atoms with Gasteiger partial charge in [-0.15, -0.1) is 0 Å². The maximum Gasteiger partial charge on any atom is 0.308 e. The van der Waals surface area contributed by atoms with Gasteiger partial charge < -0.3 is 10.0 Å². The van der Waals surface area contributed by atoms with Crippen LogP contribution in [-0.4, -0.2) is 39.5 Å². The molecule has 5 heteroatoms. The number of hydrogen-bond donors (Lipinski definition) is 1. The lowest BCUT2D eigenvalue weighted by Crippen LogP contribution is -2.49. The molecule has 2 fully saturated rings. The second-order valence-electron chi connectivity index (χ2n) is 7.72. The molecule has 2 atom stereocenters. The first-order valence-electron chi connectivity index (χ1n) is 9.41. The van der Waals surface area contributed by atoms with Crippen molar-refractivity contribution in [2.45, 2.75) is 51.5 Å². The Labute approximate surface area is 153 Å². The number of carbonyl (C=O) groups excluding carboxylic acids is 1. The molecule has 0 bridgehead atoms. The number of carboxylic acids is 1. The predicted molar refractivity (Wildman–Crippen MR) is 99.3 cm³/mol. The summed E-state index contributed by atoms with van der Waals surface area (Å²) in [6.45, 7) is 4.47. The Hall–Kier alpha value is -2.43. The number of aliphatic carboxylic acids is 1. The third kappa shape index (κ3) is 2.96. The quantitative estimate of drug-likeness (QED) is 0.913. The van der Waals surface area contributed by atoms with Crippen LogP contribution in [0.2, 0.25) is 0 Å². The number of piperidine rings is 1. The summed E-state index contributed by atoms with van der Waals surface area (Å²) in [7, 11) is 0. The number of carbonyl (C=O) groups is 2. The van der Waals surface area contributed by atoms with E-state index in [1.807, 2.05) is 38.1 Å². The Morgan fingerprint density at radius 2 is 1.96 bits per heavy atom. The highest BCUT2D eigenvalue weighted by molar-refractivity contribution is 6.06. The van der Waals surface area contributed by atoms with Gasteiger partial charge in [-0.25, -0.2) is 0 Å². The number of fused-ring (bicyclic) bond motifs is 1. The van der Waals surface area contributed by atoms with Gasteiger partial charge in [-0.2, -0.15) is 0 Å². The van der Waals surface area contributed by atoms with E-state index in [4.69, 9.17) is 4.98 Å². The van der Waals surface area contributed by atoms with Gasteiger partial charge in [0.15, 0.2) is 0 Å². The van der Waals surface area contributed by atoms with Crippen LogP contribution in [0.1, 0.15) is 60.1 Å². The van der Waals surface area contributed by atoms with Crippen molar-refractivity contribution in [3.63, 3.8) is 0 Å². The minimum atomic E-state index is -0.816. The molecule has 2 heterocycles. The van der Waals surface area contributed by atoms with Crippen molar-refractivity contribution in [3.05, 3.63) is 41.1 Å². The number of hydrogen-bond acceptors (Lipinski definition) is 3. The third-order valence-electron chi connectivity index (χ3n) is 5.78. The van der Waals surface area contributed by atoms with E-state index >= 15 is 0 Å². The summed E-state index contributed by atoms with van der Waals surface area (Å²) in [5.41, 5.74) is 3.59. The lowest BCUT2D eigenvalue weighted by Gasteiger charge is -2.37. The summed E-state index contributed by atoms with van der Waals surface area (Å²) < 4.78 is 0. The summed E-state index contributed by atoms with van der Waals surface area (Å²) in [6, 6.07) is 7.65. The number of amides is 1. The van der Waals surface area contributed by atoms with Gasteiger partial charge in [0, 0.05) is 29.6 Å². The molecule has 0 unspecified atom stereocenters. The fraction of sp³-hybridized carbons (Fsp3) is 0.476. The number of nitrogens with zero attached hydrogens (tertiary/aromatic N) is 2.